The summed E-state index contributed by atoms with van der Waals surface area (Å²) in [6.07, 6.45) is 1.69. The van der Waals surface area contributed by atoms with Crippen molar-refractivity contribution in [2.45, 2.75) is 40.0 Å². The van der Waals surface area contributed by atoms with E-state index in [1.165, 1.54) is 11.0 Å². The molecule has 0 radical (unpaired) electrons. The lowest BCUT2D eigenvalue weighted by molar-refractivity contribution is -0.117. The predicted octanol–water partition coefficient (Wildman–Crippen LogP) is 4.07. The Hall–Kier alpha value is -2.56. The predicted molar refractivity (Wildman–Crippen MR) is 95.6 cm³/mol. The molecule has 0 bridgehead atoms. The molecule has 132 valence electrons. The largest absolute Gasteiger partial charge is 0.507 e. The zero-order valence-corrected chi connectivity index (χ0v) is 14.7. The molecule has 2 N–H and O–H groups in total. The van der Waals surface area contributed by atoms with Crippen molar-refractivity contribution in [1.82, 2.24) is 0 Å². The van der Waals surface area contributed by atoms with Crippen LogP contribution in [0.5, 0.6) is 11.5 Å². The molecule has 1 heterocycles. The Kier molecular flexibility index (Phi) is 4.41. The van der Waals surface area contributed by atoms with Crippen molar-refractivity contribution < 1.29 is 19.4 Å². The minimum Gasteiger partial charge on any atom is -0.507 e. The van der Waals surface area contributed by atoms with Crippen molar-refractivity contribution >= 4 is 11.6 Å². The van der Waals surface area contributed by atoms with Crippen LogP contribution in [-0.2, 0) is 17.6 Å². The zero-order valence-electron chi connectivity index (χ0n) is 14.7. The highest BCUT2D eigenvalue weighted by molar-refractivity contribution is 6.05. The molecule has 3 rings (SSSR count). The number of phenols is 2. The first-order chi connectivity index (χ1) is 11.9. The van der Waals surface area contributed by atoms with Crippen molar-refractivity contribution in [1.29, 1.82) is 0 Å². The molecular formula is C20H22FNO3. The summed E-state index contributed by atoms with van der Waals surface area (Å²) in [5.74, 6) is -0.735. The van der Waals surface area contributed by atoms with Crippen LogP contribution < -0.4 is 4.90 Å². The van der Waals surface area contributed by atoms with Gasteiger partial charge in [-0.05, 0) is 60.7 Å². The maximum Gasteiger partial charge on any atom is 0.231 e. The third kappa shape index (κ3) is 2.73. The van der Waals surface area contributed by atoms with Crippen LogP contribution in [-0.4, -0.2) is 22.7 Å². The van der Waals surface area contributed by atoms with E-state index in [9.17, 15) is 19.4 Å². The highest BCUT2D eigenvalue weighted by Crippen LogP contribution is 2.47. The Morgan fingerprint density at radius 3 is 2.32 bits per heavy atom. The summed E-state index contributed by atoms with van der Waals surface area (Å²) in [4.78, 5) is 13.7. The number of likely N-dealkylation sites (N-methyl/N-ethyl adjacent to an activating group) is 1. The Morgan fingerprint density at radius 1 is 1.12 bits per heavy atom. The number of carbonyl (C=O) groups is 1. The average molecular weight is 343 g/mol. The van der Waals surface area contributed by atoms with E-state index in [4.69, 9.17) is 0 Å². The normalized spacial score (nSPS) is 13.4. The standard InChI is InChI=1S/C20H22FNO3/c1-4-6-12-8-15(23)19(16(24)9-12)18-11(3)7-14(21)20-13(18)10-17(25)22(20)5-2/h7-9,23-24H,4-6,10H2,1-3H3. The number of hydrogen-bond acceptors (Lipinski definition) is 3. The van der Waals surface area contributed by atoms with Crippen molar-refractivity contribution in [3.63, 3.8) is 0 Å². The number of benzene rings is 2. The van der Waals surface area contributed by atoms with Gasteiger partial charge in [0.05, 0.1) is 17.7 Å². The molecule has 1 aliphatic rings. The topological polar surface area (TPSA) is 60.8 Å². The molecular weight excluding hydrogens is 321 g/mol. The van der Waals surface area contributed by atoms with Gasteiger partial charge in [0.2, 0.25) is 5.91 Å². The summed E-state index contributed by atoms with van der Waals surface area (Å²) >= 11 is 0. The van der Waals surface area contributed by atoms with Crippen LogP contribution >= 0.6 is 0 Å². The smallest absolute Gasteiger partial charge is 0.231 e. The van der Waals surface area contributed by atoms with Gasteiger partial charge in [-0.3, -0.25) is 4.79 Å². The fraction of sp³-hybridized carbons (Fsp3) is 0.350. The maximum atomic E-state index is 14.5. The molecule has 0 atom stereocenters. The summed E-state index contributed by atoms with van der Waals surface area (Å²) in [7, 11) is 0. The molecule has 0 aliphatic carbocycles. The van der Waals surface area contributed by atoms with E-state index in [1.807, 2.05) is 6.92 Å². The van der Waals surface area contributed by atoms with Gasteiger partial charge in [-0.25, -0.2) is 4.39 Å². The molecule has 5 heteroatoms. The van der Waals surface area contributed by atoms with Crippen molar-refractivity contribution in [3.05, 3.63) is 40.7 Å². The van der Waals surface area contributed by atoms with Crippen LogP contribution in [0.15, 0.2) is 18.2 Å². The van der Waals surface area contributed by atoms with E-state index >= 15 is 0 Å². The Morgan fingerprint density at radius 2 is 1.76 bits per heavy atom. The molecule has 4 nitrogen and oxygen atoms in total. The number of halogens is 1. The van der Waals surface area contributed by atoms with Gasteiger partial charge in [0.1, 0.15) is 17.3 Å². The van der Waals surface area contributed by atoms with Crippen LogP contribution in [0.4, 0.5) is 10.1 Å². The summed E-state index contributed by atoms with van der Waals surface area (Å²) in [6.45, 7) is 5.90. The third-order valence-corrected chi connectivity index (χ3v) is 4.71. The Bertz CT molecular complexity index is 838. The fourth-order valence-corrected chi connectivity index (χ4v) is 3.71. The van der Waals surface area contributed by atoms with Gasteiger partial charge < -0.3 is 15.1 Å². The summed E-state index contributed by atoms with van der Waals surface area (Å²) in [5.41, 5.74) is 3.00. The van der Waals surface area contributed by atoms with Crippen LogP contribution in [0.25, 0.3) is 11.1 Å². The molecule has 0 fully saturated rings. The first-order valence-electron chi connectivity index (χ1n) is 8.56. The lowest BCUT2D eigenvalue weighted by Gasteiger charge is -2.19. The molecule has 0 saturated heterocycles. The summed E-state index contributed by atoms with van der Waals surface area (Å²) in [6, 6.07) is 4.61. The van der Waals surface area contributed by atoms with Gasteiger partial charge in [-0.2, -0.15) is 0 Å². The number of hydrogen-bond donors (Lipinski definition) is 2. The van der Waals surface area contributed by atoms with Crippen LogP contribution in [0.3, 0.4) is 0 Å². The molecule has 25 heavy (non-hydrogen) atoms. The first-order valence-corrected chi connectivity index (χ1v) is 8.56. The number of amides is 1. The Labute approximate surface area is 146 Å². The second-order valence-corrected chi connectivity index (χ2v) is 6.45. The Balaban J connectivity index is 2.27. The van der Waals surface area contributed by atoms with Gasteiger partial charge in [-0.15, -0.1) is 0 Å². The number of aromatic hydroxyl groups is 2. The number of nitrogens with zero attached hydrogens (tertiary/aromatic N) is 1. The van der Waals surface area contributed by atoms with Gasteiger partial charge in [0, 0.05) is 6.54 Å². The molecule has 0 aromatic heterocycles. The quantitative estimate of drug-likeness (QED) is 0.879. The summed E-state index contributed by atoms with van der Waals surface area (Å²) in [5, 5.41) is 21.0. The fourth-order valence-electron chi connectivity index (χ4n) is 3.71. The number of anilines is 1. The second-order valence-electron chi connectivity index (χ2n) is 6.45. The van der Waals surface area contributed by atoms with E-state index < -0.39 is 5.82 Å². The molecule has 1 amide bonds. The maximum absolute atomic E-state index is 14.5. The van der Waals surface area contributed by atoms with E-state index in [1.54, 1.807) is 26.0 Å². The van der Waals surface area contributed by atoms with E-state index in [2.05, 4.69) is 0 Å². The molecule has 0 spiro atoms. The highest BCUT2D eigenvalue weighted by Gasteiger charge is 2.34. The molecule has 0 unspecified atom stereocenters. The van der Waals surface area contributed by atoms with E-state index in [0.29, 0.717) is 23.2 Å². The van der Waals surface area contributed by atoms with Gasteiger partial charge in [0.15, 0.2) is 0 Å². The van der Waals surface area contributed by atoms with E-state index in [-0.39, 0.29) is 35.1 Å². The molecule has 1 aliphatic heterocycles. The highest BCUT2D eigenvalue weighted by atomic mass is 19.1. The lowest BCUT2D eigenvalue weighted by Crippen LogP contribution is -2.26. The van der Waals surface area contributed by atoms with E-state index in [0.717, 1.165) is 18.4 Å². The lowest BCUT2D eigenvalue weighted by atomic mass is 9.90. The number of fused-ring (bicyclic) bond motifs is 1. The van der Waals surface area contributed by atoms with Crippen molar-refractivity contribution in [2.75, 3.05) is 11.4 Å². The third-order valence-electron chi connectivity index (χ3n) is 4.71. The van der Waals surface area contributed by atoms with Crippen LogP contribution in [0, 0.1) is 12.7 Å². The number of phenolic OH excluding ortho intramolecular Hbond substituents is 2. The van der Waals surface area contributed by atoms with Crippen LogP contribution in [0.2, 0.25) is 0 Å². The monoisotopic (exact) mass is 343 g/mol. The molecule has 2 aromatic carbocycles. The first kappa shape index (κ1) is 17.3. The van der Waals surface area contributed by atoms with Crippen molar-refractivity contribution in [2.24, 2.45) is 0 Å². The molecule has 0 saturated carbocycles. The number of carbonyl (C=O) groups excluding carboxylic acids is 1. The minimum absolute atomic E-state index is 0.0530. The van der Waals surface area contributed by atoms with Gasteiger partial charge >= 0.3 is 0 Å². The minimum atomic E-state index is -0.453. The van der Waals surface area contributed by atoms with Crippen molar-refractivity contribution in [3.8, 4) is 22.6 Å². The number of aryl methyl sites for hydroxylation is 2. The average Bonchev–Trinajstić information content (AvgIpc) is 2.86. The number of rotatable bonds is 4. The SMILES string of the molecule is CCCc1cc(O)c(-c2c(C)cc(F)c3c2CC(=O)N3CC)c(O)c1. The zero-order chi connectivity index (χ0) is 18.3. The second kappa shape index (κ2) is 6.39. The molecule has 2 aromatic rings. The summed E-state index contributed by atoms with van der Waals surface area (Å²) < 4.78 is 14.5. The van der Waals surface area contributed by atoms with Gasteiger partial charge in [0.25, 0.3) is 0 Å². The van der Waals surface area contributed by atoms with Gasteiger partial charge in [-0.1, -0.05) is 13.3 Å². The van der Waals surface area contributed by atoms with Crippen LogP contribution in [0.1, 0.15) is 37.0 Å².